The van der Waals surface area contributed by atoms with Crippen LogP contribution in [0.15, 0.2) is 54.6 Å². The van der Waals surface area contributed by atoms with E-state index >= 15 is 0 Å². The minimum atomic E-state index is -0.863. The van der Waals surface area contributed by atoms with Crippen LogP contribution in [0, 0.1) is 5.92 Å². The number of hydrogen-bond acceptors (Lipinski definition) is 3. The molecule has 2 fully saturated rings. The molecule has 0 saturated carbocycles. The van der Waals surface area contributed by atoms with Gasteiger partial charge in [-0.2, -0.15) is 0 Å². The zero-order valence-corrected chi connectivity index (χ0v) is 17.4. The van der Waals surface area contributed by atoms with E-state index in [9.17, 15) is 9.90 Å². The highest BCUT2D eigenvalue weighted by Gasteiger charge is 2.50. The van der Waals surface area contributed by atoms with E-state index in [2.05, 4.69) is 38.1 Å². The number of benzene rings is 2. The van der Waals surface area contributed by atoms with Crippen LogP contribution < -0.4 is 0 Å². The molecule has 2 heterocycles. The third kappa shape index (κ3) is 4.32. The van der Waals surface area contributed by atoms with Gasteiger partial charge in [0.05, 0.1) is 5.60 Å². The SMILES string of the molecule is CC(C)Cc1ccc(C2(O)CC3CCC(C2)N3C(=O)OCc2ccccc2)cc1. The summed E-state index contributed by atoms with van der Waals surface area (Å²) in [5.74, 6) is 0.616. The zero-order valence-electron chi connectivity index (χ0n) is 17.4. The van der Waals surface area contributed by atoms with Gasteiger partial charge in [-0.3, -0.25) is 0 Å². The summed E-state index contributed by atoms with van der Waals surface area (Å²) in [6, 6.07) is 18.2. The molecule has 154 valence electrons. The molecule has 2 unspecified atom stereocenters. The number of aliphatic hydroxyl groups is 1. The number of nitrogens with zero attached hydrogens (tertiary/aromatic N) is 1. The number of fused-ring (bicyclic) bond motifs is 2. The van der Waals surface area contributed by atoms with Gasteiger partial charge in [0.15, 0.2) is 0 Å². The van der Waals surface area contributed by atoms with Crippen molar-refractivity contribution >= 4 is 6.09 Å². The molecule has 4 nitrogen and oxygen atoms in total. The first-order valence-electron chi connectivity index (χ1n) is 10.8. The fraction of sp³-hybridized carbons (Fsp3) is 0.480. The molecule has 2 atom stereocenters. The molecule has 1 N–H and O–H groups in total. The highest BCUT2D eigenvalue weighted by molar-refractivity contribution is 5.69. The second-order valence-corrected chi connectivity index (χ2v) is 9.07. The van der Waals surface area contributed by atoms with Gasteiger partial charge in [0.1, 0.15) is 6.61 Å². The van der Waals surface area contributed by atoms with Crippen LogP contribution in [0.2, 0.25) is 0 Å². The van der Waals surface area contributed by atoms with Crippen LogP contribution in [0.4, 0.5) is 4.79 Å². The summed E-state index contributed by atoms with van der Waals surface area (Å²) in [5, 5.41) is 11.4. The van der Waals surface area contributed by atoms with E-state index in [1.54, 1.807) is 0 Å². The molecule has 2 saturated heterocycles. The maximum Gasteiger partial charge on any atom is 0.410 e. The molecule has 0 aliphatic carbocycles. The molecule has 29 heavy (non-hydrogen) atoms. The predicted octanol–water partition coefficient (Wildman–Crippen LogP) is 5.04. The molecular formula is C25H31NO3. The number of piperidine rings is 1. The molecule has 0 aromatic heterocycles. The van der Waals surface area contributed by atoms with Gasteiger partial charge in [-0.1, -0.05) is 68.4 Å². The number of carbonyl (C=O) groups excluding carboxylic acids is 1. The van der Waals surface area contributed by atoms with Crippen molar-refractivity contribution in [1.82, 2.24) is 4.90 Å². The van der Waals surface area contributed by atoms with Crippen molar-refractivity contribution in [2.24, 2.45) is 5.92 Å². The Hall–Kier alpha value is -2.33. The number of ether oxygens (including phenoxy) is 1. The van der Waals surface area contributed by atoms with Crippen molar-refractivity contribution in [3.05, 3.63) is 71.3 Å². The minimum Gasteiger partial charge on any atom is -0.445 e. The van der Waals surface area contributed by atoms with E-state index in [0.29, 0.717) is 18.8 Å². The molecule has 2 aromatic carbocycles. The van der Waals surface area contributed by atoms with Crippen LogP contribution in [-0.4, -0.2) is 28.2 Å². The van der Waals surface area contributed by atoms with Crippen LogP contribution in [0.3, 0.4) is 0 Å². The lowest BCUT2D eigenvalue weighted by Gasteiger charge is -2.43. The molecular weight excluding hydrogens is 362 g/mol. The van der Waals surface area contributed by atoms with E-state index in [4.69, 9.17) is 4.74 Å². The summed E-state index contributed by atoms with van der Waals surface area (Å²) in [7, 11) is 0. The molecule has 4 rings (SSSR count). The van der Waals surface area contributed by atoms with Crippen molar-refractivity contribution in [3.8, 4) is 0 Å². The lowest BCUT2D eigenvalue weighted by atomic mass is 9.80. The van der Waals surface area contributed by atoms with Crippen molar-refractivity contribution in [2.45, 2.75) is 70.2 Å². The van der Waals surface area contributed by atoms with Gasteiger partial charge in [0, 0.05) is 24.9 Å². The van der Waals surface area contributed by atoms with Crippen LogP contribution in [0.1, 0.15) is 56.2 Å². The predicted molar refractivity (Wildman–Crippen MR) is 113 cm³/mol. The third-order valence-electron chi connectivity index (χ3n) is 6.32. The first-order chi connectivity index (χ1) is 13.9. The minimum absolute atomic E-state index is 0.0392. The summed E-state index contributed by atoms with van der Waals surface area (Å²) in [4.78, 5) is 14.6. The molecule has 2 aliphatic heterocycles. The Labute approximate surface area is 173 Å². The maximum atomic E-state index is 12.7. The molecule has 0 radical (unpaired) electrons. The monoisotopic (exact) mass is 393 g/mol. The van der Waals surface area contributed by atoms with Crippen molar-refractivity contribution in [1.29, 1.82) is 0 Å². The van der Waals surface area contributed by atoms with E-state index in [1.807, 2.05) is 35.2 Å². The summed E-state index contributed by atoms with van der Waals surface area (Å²) in [5.41, 5.74) is 2.40. The lowest BCUT2D eigenvalue weighted by Crippen LogP contribution is -2.52. The average molecular weight is 394 g/mol. The topological polar surface area (TPSA) is 49.8 Å². The molecule has 0 spiro atoms. The van der Waals surface area contributed by atoms with Crippen molar-refractivity contribution in [3.63, 3.8) is 0 Å². The average Bonchev–Trinajstić information content (AvgIpc) is 2.99. The Bertz CT molecular complexity index is 817. The van der Waals surface area contributed by atoms with Crippen molar-refractivity contribution in [2.75, 3.05) is 0 Å². The largest absolute Gasteiger partial charge is 0.445 e. The quantitative estimate of drug-likeness (QED) is 0.774. The Morgan fingerprint density at radius 2 is 1.66 bits per heavy atom. The number of amides is 1. The third-order valence-corrected chi connectivity index (χ3v) is 6.32. The Kier molecular flexibility index (Phi) is 5.64. The van der Waals surface area contributed by atoms with Gasteiger partial charge in [-0.25, -0.2) is 4.79 Å². The fourth-order valence-corrected chi connectivity index (χ4v) is 4.97. The van der Waals surface area contributed by atoms with Crippen LogP contribution in [0.25, 0.3) is 0 Å². The molecule has 4 heteroatoms. The van der Waals surface area contributed by atoms with E-state index in [-0.39, 0.29) is 24.8 Å². The summed E-state index contributed by atoms with van der Waals surface area (Å²) < 4.78 is 5.58. The Balaban J connectivity index is 1.42. The first-order valence-corrected chi connectivity index (χ1v) is 10.8. The number of hydrogen-bond donors (Lipinski definition) is 1. The molecule has 2 aromatic rings. The van der Waals surface area contributed by atoms with Crippen LogP contribution in [-0.2, 0) is 23.4 Å². The van der Waals surface area contributed by atoms with Gasteiger partial charge in [-0.05, 0) is 41.9 Å². The van der Waals surface area contributed by atoms with Crippen LogP contribution in [0.5, 0.6) is 0 Å². The highest BCUT2D eigenvalue weighted by Crippen LogP contribution is 2.46. The number of carbonyl (C=O) groups is 1. The number of rotatable bonds is 5. The Morgan fingerprint density at radius 3 is 2.24 bits per heavy atom. The highest BCUT2D eigenvalue weighted by atomic mass is 16.6. The summed E-state index contributed by atoms with van der Waals surface area (Å²) >= 11 is 0. The standard InChI is InChI=1S/C25H31NO3/c1-18(2)14-19-8-10-21(11-9-19)25(28)15-22-12-13-23(16-25)26(22)24(27)29-17-20-6-4-3-5-7-20/h3-11,18,22-23,28H,12-17H2,1-2H3. The van der Waals surface area contributed by atoms with Gasteiger partial charge in [0.2, 0.25) is 0 Å². The molecule has 2 aliphatic rings. The normalized spacial score (nSPS) is 26.0. The van der Waals surface area contributed by atoms with Gasteiger partial charge in [0.25, 0.3) is 0 Å². The second-order valence-electron chi connectivity index (χ2n) is 9.07. The smallest absolute Gasteiger partial charge is 0.410 e. The van der Waals surface area contributed by atoms with Crippen molar-refractivity contribution < 1.29 is 14.6 Å². The molecule has 1 amide bonds. The lowest BCUT2D eigenvalue weighted by molar-refractivity contribution is -0.0536. The summed E-state index contributed by atoms with van der Waals surface area (Å²) in [6.07, 6.45) is 3.81. The van der Waals surface area contributed by atoms with E-state index < -0.39 is 5.60 Å². The maximum absolute atomic E-state index is 12.7. The fourth-order valence-electron chi connectivity index (χ4n) is 4.97. The summed E-state index contributed by atoms with van der Waals surface area (Å²) in [6.45, 7) is 4.72. The molecule has 2 bridgehead atoms. The van der Waals surface area contributed by atoms with E-state index in [1.165, 1.54) is 5.56 Å². The van der Waals surface area contributed by atoms with Gasteiger partial charge < -0.3 is 14.7 Å². The van der Waals surface area contributed by atoms with Crippen LogP contribution >= 0.6 is 0 Å². The second kappa shape index (κ2) is 8.19. The zero-order chi connectivity index (χ0) is 20.4. The first kappa shape index (κ1) is 20.0. The van der Waals surface area contributed by atoms with Gasteiger partial charge in [-0.15, -0.1) is 0 Å². The van der Waals surface area contributed by atoms with Gasteiger partial charge >= 0.3 is 6.09 Å². The Morgan fingerprint density at radius 1 is 1.03 bits per heavy atom. The van der Waals surface area contributed by atoms with E-state index in [0.717, 1.165) is 30.4 Å².